The maximum atomic E-state index is 14.3. The van der Waals surface area contributed by atoms with Crippen molar-refractivity contribution < 1.29 is 13.9 Å². The molecule has 6 heteroatoms. The molecular weight excluding hydrogens is 321 g/mol. The summed E-state index contributed by atoms with van der Waals surface area (Å²) in [5, 5.41) is 5.49. The van der Waals surface area contributed by atoms with E-state index in [0.29, 0.717) is 17.2 Å². The van der Waals surface area contributed by atoms with Crippen molar-refractivity contribution in [2.24, 2.45) is 0 Å². The van der Waals surface area contributed by atoms with Gasteiger partial charge in [-0.25, -0.2) is 4.39 Å². The van der Waals surface area contributed by atoms with Gasteiger partial charge in [0.15, 0.2) is 0 Å². The summed E-state index contributed by atoms with van der Waals surface area (Å²) in [6.45, 7) is 0. The van der Waals surface area contributed by atoms with Gasteiger partial charge in [0.1, 0.15) is 23.0 Å². The lowest BCUT2D eigenvalue weighted by atomic mass is 10.2. The quantitative estimate of drug-likeness (QED) is 0.735. The van der Waals surface area contributed by atoms with Crippen LogP contribution in [0.25, 0.3) is 0 Å². The molecule has 2 aromatic carbocycles. The molecule has 3 rings (SSSR count). The predicted molar refractivity (Wildman–Crippen MR) is 93.8 cm³/mol. The molecule has 2 N–H and O–H groups in total. The molecule has 0 aliphatic carbocycles. The van der Waals surface area contributed by atoms with E-state index in [1.807, 2.05) is 30.3 Å². The first-order valence-electron chi connectivity index (χ1n) is 7.63. The molecule has 3 aromatic rings. The van der Waals surface area contributed by atoms with Crippen LogP contribution in [0, 0.1) is 5.82 Å². The number of aromatic nitrogens is 1. The zero-order valence-electron chi connectivity index (χ0n) is 13.5. The molecule has 0 aliphatic heterocycles. The van der Waals surface area contributed by atoms with Crippen molar-refractivity contribution in [3.05, 3.63) is 78.4 Å². The molecule has 0 fully saturated rings. The molecule has 0 radical (unpaired) electrons. The standard InChI is InChI=1S/C19H16FN3O2/c1-21-19(24)18-12-15(9-10-22-18)25-14-7-8-17(16(20)11-14)23-13-5-3-2-4-6-13/h2-12,23H,1H3,(H,21,24). The second kappa shape index (κ2) is 7.44. The van der Waals surface area contributed by atoms with Crippen LogP contribution in [0.4, 0.5) is 15.8 Å². The number of carbonyl (C=O) groups is 1. The maximum absolute atomic E-state index is 14.3. The van der Waals surface area contributed by atoms with E-state index in [1.165, 1.54) is 25.4 Å². The van der Waals surface area contributed by atoms with E-state index in [1.54, 1.807) is 18.2 Å². The Kier molecular flexibility index (Phi) is 4.89. The number of rotatable bonds is 5. The van der Waals surface area contributed by atoms with Gasteiger partial charge in [-0.05, 0) is 30.3 Å². The molecule has 0 unspecified atom stereocenters. The van der Waals surface area contributed by atoms with Crippen LogP contribution in [0.1, 0.15) is 10.5 Å². The lowest BCUT2D eigenvalue weighted by molar-refractivity contribution is 0.0958. The third-order valence-corrected chi connectivity index (χ3v) is 3.42. The number of hydrogen-bond acceptors (Lipinski definition) is 4. The summed E-state index contributed by atoms with van der Waals surface area (Å²) < 4.78 is 19.9. The number of nitrogens with one attached hydrogen (secondary N) is 2. The third kappa shape index (κ3) is 4.11. The molecule has 126 valence electrons. The van der Waals surface area contributed by atoms with Crippen LogP contribution >= 0.6 is 0 Å². The molecule has 0 saturated heterocycles. The minimum absolute atomic E-state index is 0.225. The number of pyridine rings is 1. The van der Waals surface area contributed by atoms with Crippen molar-refractivity contribution in [3.8, 4) is 11.5 Å². The highest BCUT2D eigenvalue weighted by molar-refractivity contribution is 5.92. The van der Waals surface area contributed by atoms with Crippen LogP contribution in [-0.2, 0) is 0 Å². The second-order valence-electron chi connectivity index (χ2n) is 5.19. The lowest BCUT2D eigenvalue weighted by Crippen LogP contribution is -2.18. The van der Waals surface area contributed by atoms with Gasteiger partial charge in [0.2, 0.25) is 0 Å². The van der Waals surface area contributed by atoms with Crippen LogP contribution in [0.5, 0.6) is 11.5 Å². The second-order valence-corrected chi connectivity index (χ2v) is 5.19. The van der Waals surface area contributed by atoms with E-state index >= 15 is 0 Å². The van der Waals surface area contributed by atoms with Crippen molar-refractivity contribution in [2.75, 3.05) is 12.4 Å². The molecule has 0 aliphatic rings. The molecule has 1 aromatic heterocycles. The Bertz CT molecular complexity index is 885. The van der Waals surface area contributed by atoms with Gasteiger partial charge < -0.3 is 15.4 Å². The fraction of sp³-hybridized carbons (Fsp3) is 0.0526. The first-order chi connectivity index (χ1) is 12.2. The van der Waals surface area contributed by atoms with Gasteiger partial charge in [0.05, 0.1) is 5.69 Å². The monoisotopic (exact) mass is 337 g/mol. The highest BCUT2D eigenvalue weighted by atomic mass is 19.1. The number of hydrogen-bond donors (Lipinski definition) is 2. The Balaban J connectivity index is 1.76. The predicted octanol–water partition coefficient (Wildman–Crippen LogP) is 4.12. The molecule has 1 amide bonds. The van der Waals surface area contributed by atoms with Crippen LogP contribution < -0.4 is 15.4 Å². The van der Waals surface area contributed by atoms with E-state index in [-0.39, 0.29) is 11.6 Å². The average Bonchev–Trinajstić information content (AvgIpc) is 2.64. The molecule has 0 bridgehead atoms. The van der Waals surface area contributed by atoms with Crippen LogP contribution in [0.15, 0.2) is 66.9 Å². The first-order valence-corrected chi connectivity index (χ1v) is 7.63. The van der Waals surface area contributed by atoms with Crippen LogP contribution in [0.3, 0.4) is 0 Å². The fourth-order valence-electron chi connectivity index (χ4n) is 2.20. The zero-order valence-corrected chi connectivity index (χ0v) is 13.5. The minimum atomic E-state index is -0.443. The van der Waals surface area contributed by atoms with E-state index in [2.05, 4.69) is 15.6 Å². The highest BCUT2D eigenvalue weighted by Crippen LogP contribution is 2.27. The number of carbonyl (C=O) groups excluding carboxylic acids is 1. The lowest BCUT2D eigenvalue weighted by Gasteiger charge is -2.10. The largest absolute Gasteiger partial charge is 0.457 e. The van der Waals surface area contributed by atoms with Gasteiger partial charge in [-0.15, -0.1) is 0 Å². The van der Waals surface area contributed by atoms with Crippen LogP contribution in [-0.4, -0.2) is 17.9 Å². The smallest absolute Gasteiger partial charge is 0.269 e. The van der Waals surface area contributed by atoms with Gasteiger partial charge in [-0.3, -0.25) is 9.78 Å². The normalized spacial score (nSPS) is 10.2. The van der Waals surface area contributed by atoms with Gasteiger partial charge >= 0.3 is 0 Å². The Labute approximate surface area is 144 Å². The summed E-state index contributed by atoms with van der Waals surface area (Å²) in [5.41, 5.74) is 1.36. The van der Waals surface area contributed by atoms with Crippen molar-refractivity contribution >= 4 is 17.3 Å². The Morgan fingerprint density at radius 2 is 1.80 bits per heavy atom. The zero-order chi connectivity index (χ0) is 17.6. The topological polar surface area (TPSA) is 63.2 Å². The molecule has 0 spiro atoms. The van der Waals surface area contributed by atoms with Gasteiger partial charge in [-0.1, -0.05) is 18.2 Å². The van der Waals surface area contributed by atoms with Gasteiger partial charge in [-0.2, -0.15) is 0 Å². The van der Waals surface area contributed by atoms with E-state index in [9.17, 15) is 9.18 Å². The summed E-state index contributed by atoms with van der Waals surface area (Å²) in [6.07, 6.45) is 1.46. The number of halogens is 1. The number of para-hydroxylation sites is 1. The van der Waals surface area contributed by atoms with E-state index in [0.717, 1.165) is 5.69 Å². The Hall–Kier alpha value is -3.41. The van der Waals surface area contributed by atoms with Crippen molar-refractivity contribution in [1.29, 1.82) is 0 Å². The summed E-state index contributed by atoms with van der Waals surface area (Å²) in [5.74, 6) is -0.0390. The number of anilines is 2. The third-order valence-electron chi connectivity index (χ3n) is 3.42. The molecular formula is C19H16FN3O2. The SMILES string of the molecule is CNC(=O)c1cc(Oc2ccc(Nc3ccccc3)c(F)c2)ccn1. The van der Waals surface area contributed by atoms with Gasteiger partial charge in [0.25, 0.3) is 5.91 Å². The summed E-state index contributed by atoms with van der Waals surface area (Å²) in [7, 11) is 1.52. The Morgan fingerprint density at radius 1 is 1.04 bits per heavy atom. The molecule has 1 heterocycles. The summed E-state index contributed by atoms with van der Waals surface area (Å²) >= 11 is 0. The van der Waals surface area contributed by atoms with Crippen molar-refractivity contribution in [3.63, 3.8) is 0 Å². The molecule has 0 saturated carbocycles. The minimum Gasteiger partial charge on any atom is -0.457 e. The number of nitrogens with zero attached hydrogens (tertiary/aromatic N) is 1. The number of ether oxygens (including phenoxy) is 1. The van der Waals surface area contributed by atoms with E-state index in [4.69, 9.17) is 4.74 Å². The fourth-order valence-corrected chi connectivity index (χ4v) is 2.20. The summed E-state index contributed by atoms with van der Waals surface area (Å²) in [4.78, 5) is 15.5. The molecule has 25 heavy (non-hydrogen) atoms. The highest BCUT2D eigenvalue weighted by Gasteiger charge is 2.09. The Morgan fingerprint density at radius 3 is 2.52 bits per heavy atom. The van der Waals surface area contributed by atoms with E-state index < -0.39 is 5.82 Å². The van der Waals surface area contributed by atoms with Crippen LogP contribution in [0.2, 0.25) is 0 Å². The maximum Gasteiger partial charge on any atom is 0.269 e. The average molecular weight is 337 g/mol. The summed E-state index contributed by atoms with van der Waals surface area (Å²) in [6, 6.07) is 16.9. The van der Waals surface area contributed by atoms with Gasteiger partial charge in [0, 0.05) is 31.1 Å². The van der Waals surface area contributed by atoms with Crippen molar-refractivity contribution in [1.82, 2.24) is 10.3 Å². The van der Waals surface area contributed by atoms with Crippen molar-refractivity contribution in [2.45, 2.75) is 0 Å². The molecule has 0 atom stereocenters. The number of amides is 1. The molecule has 5 nitrogen and oxygen atoms in total. The number of benzene rings is 2. The first kappa shape index (κ1) is 16.4.